The van der Waals surface area contributed by atoms with Crippen LogP contribution in [0.25, 0.3) is 0 Å². The topological polar surface area (TPSA) is 49.4 Å². The zero-order chi connectivity index (χ0) is 22.1. The Morgan fingerprint density at radius 2 is 1.53 bits per heavy atom. The van der Waals surface area contributed by atoms with E-state index in [2.05, 4.69) is 43.4 Å². The van der Waals surface area contributed by atoms with Crippen LogP contribution in [-0.2, 0) is 22.6 Å². The Kier molecular flexibility index (Phi) is 9.10. The first-order valence-electron chi connectivity index (χ1n) is 11.0. The van der Waals surface area contributed by atoms with Crippen molar-refractivity contribution in [3.63, 3.8) is 0 Å². The molecule has 0 aromatic heterocycles. The highest BCUT2D eigenvalue weighted by atomic mass is 16.2. The maximum absolute atomic E-state index is 13.1. The summed E-state index contributed by atoms with van der Waals surface area (Å²) in [5.74, 6) is 0.389. The van der Waals surface area contributed by atoms with E-state index in [0.717, 1.165) is 17.5 Å². The van der Waals surface area contributed by atoms with Crippen LogP contribution in [0.1, 0.15) is 70.1 Å². The van der Waals surface area contributed by atoms with E-state index in [1.807, 2.05) is 51.1 Å². The fraction of sp³-hybridized carbons (Fsp3) is 0.462. The van der Waals surface area contributed by atoms with Gasteiger partial charge in [-0.05, 0) is 49.3 Å². The van der Waals surface area contributed by atoms with Gasteiger partial charge in [-0.3, -0.25) is 9.59 Å². The average molecular weight is 409 g/mol. The first-order chi connectivity index (χ1) is 14.3. The molecule has 0 aliphatic rings. The fourth-order valence-corrected chi connectivity index (χ4v) is 3.29. The van der Waals surface area contributed by atoms with E-state index in [1.165, 1.54) is 5.56 Å². The number of rotatable bonds is 10. The Morgan fingerprint density at radius 3 is 2.10 bits per heavy atom. The molecule has 2 amide bonds. The Bertz CT molecular complexity index is 800. The molecule has 0 aliphatic carbocycles. The number of amides is 2. The predicted octanol–water partition coefficient (Wildman–Crippen LogP) is 5.07. The van der Waals surface area contributed by atoms with Crippen molar-refractivity contribution in [1.82, 2.24) is 10.2 Å². The molecule has 4 nitrogen and oxygen atoms in total. The number of carbonyl (C=O) groups is 2. The van der Waals surface area contributed by atoms with E-state index in [4.69, 9.17) is 0 Å². The Labute approximate surface area is 181 Å². The molecule has 2 rings (SSSR count). The number of benzene rings is 2. The van der Waals surface area contributed by atoms with Gasteiger partial charge < -0.3 is 10.2 Å². The van der Waals surface area contributed by atoms with Gasteiger partial charge in [0.15, 0.2) is 0 Å². The number of nitrogens with one attached hydrogen (secondary N) is 1. The van der Waals surface area contributed by atoms with E-state index in [0.29, 0.717) is 25.3 Å². The van der Waals surface area contributed by atoms with Gasteiger partial charge in [0.05, 0.1) is 0 Å². The van der Waals surface area contributed by atoms with Crippen molar-refractivity contribution in [3.8, 4) is 0 Å². The minimum absolute atomic E-state index is 0.00130. The van der Waals surface area contributed by atoms with Gasteiger partial charge in [0, 0.05) is 19.0 Å². The second kappa shape index (κ2) is 11.5. The number of hydrogen-bond donors (Lipinski definition) is 1. The third-order valence-corrected chi connectivity index (χ3v) is 5.64. The maximum Gasteiger partial charge on any atom is 0.242 e. The Morgan fingerprint density at radius 1 is 0.900 bits per heavy atom. The van der Waals surface area contributed by atoms with Gasteiger partial charge in [-0.15, -0.1) is 0 Å². The molecule has 2 aromatic carbocycles. The highest BCUT2D eigenvalue weighted by Crippen LogP contribution is 2.17. The number of carbonyl (C=O) groups excluding carboxylic acids is 2. The largest absolute Gasteiger partial charge is 0.352 e. The van der Waals surface area contributed by atoms with E-state index < -0.39 is 6.04 Å². The van der Waals surface area contributed by atoms with Crippen LogP contribution >= 0.6 is 0 Å². The lowest BCUT2D eigenvalue weighted by atomic mass is 10.00. The number of hydrogen-bond acceptors (Lipinski definition) is 2. The minimum Gasteiger partial charge on any atom is -0.352 e. The molecule has 1 N–H and O–H groups in total. The van der Waals surface area contributed by atoms with Crippen molar-refractivity contribution in [3.05, 3.63) is 71.3 Å². The summed E-state index contributed by atoms with van der Waals surface area (Å²) in [6.07, 6.45) is 1.91. The highest BCUT2D eigenvalue weighted by molar-refractivity contribution is 5.87. The molecular formula is C26H36N2O2. The molecule has 162 valence electrons. The molecule has 30 heavy (non-hydrogen) atoms. The SMILES string of the molecule is CC[C@H](C)NC(=O)[C@@H](C)N(Cc1ccccc1)C(=O)CCc1ccc(C(C)C)cc1. The van der Waals surface area contributed by atoms with Crippen molar-refractivity contribution in [1.29, 1.82) is 0 Å². The summed E-state index contributed by atoms with van der Waals surface area (Å²) in [5, 5.41) is 3.01. The zero-order valence-corrected chi connectivity index (χ0v) is 19.0. The van der Waals surface area contributed by atoms with Crippen LogP contribution in [0.4, 0.5) is 0 Å². The average Bonchev–Trinajstić information content (AvgIpc) is 2.76. The lowest BCUT2D eigenvalue weighted by Crippen LogP contribution is -2.49. The Balaban J connectivity index is 2.09. The van der Waals surface area contributed by atoms with Gasteiger partial charge in [-0.1, -0.05) is 75.4 Å². The molecule has 0 spiro atoms. The van der Waals surface area contributed by atoms with Gasteiger partial charge in [0.1, 0.15) is 6.04 Å². The maximum atomic E-state index is 13.1. The number of nitrogens with zero attached hydrogens (tertiary/aromatic N) is 1. The molecule has 0 fully saturated rings. The van der Waals surface area contributed by atoms with Crippen molar-refractivity contribution in [2.75, 3.05) is 0 Å². The molecule has 0 saturated carbocycles. The molecule has 0 saturated heterocycles. The van der Waals surface area contributed by atoms with E-state index in [1.54, 1.807) is 4.90 Å². The van der Waals surface area contributed by atoms with Crippen molar-refractivity contribution in [2.45, 2.75) is 78.4 Å². The lowest BCUT2D eigenvalue weighted by Gasteiger charge is -2.29. The summed E-state index contributed by atoms with van der Waals surface area (Å²) in [6.45, 7) is 10.6. The van der Waals surface area contributed by atoms with Crippen LogP contribution < -0.4 is 5.32 Å². The van der Waals surface area contributed by atoms with E-state index in [-0.39, 0.29) is 17.9 Å². The van der Waals surface area contributed by atoms with Gasteiger partial charge in [0.2, 0.25) is 11.8 Å². The minimum atomic E-state index is -0.518. The summed E-state index contributed by atoms with van der Waals surface area (Å²) < 4.78 is 0. The summed E-state index contributed by atoms with van der Waals surface area (Å²) in [5.41, 5.74) is 3.46. The Hall–Kier alpha value is -2.62. The fourth-order valence-electron chi connectivity index (χ4n) is 3.29. The molecule has 0 unspecified atom stereocenters. The van der Waals surface area contributed by atoms with Crippen molar-refractivity contribution >= 4 is 11.8 Å². The monoisotopic (exact) mass is 408 g/mol. The van der Waals surface area contributed by atoms with Crippen LogP contribution in [0.15, 0.2) is 54.6 Å². The quantitative estimate of drug-likeness (QED) is 0.596. The lowest BCUT2D eigenvalue weighted by molar-refractivity contribution is -0.140. The van der Waals surface area contributed by atoms with E-state index in [9.17, 15) is 9.59 Å². The third-order valence-electron chi connectivity index (χ3n) is 5.64. The first-order valence-corrected chi connectivity index (χ1v) is 11.0. The van der Waals surface area contributed by atoms with Gasteiger partial charge >= 0.3 is 0 Å². The number of aryl methyl sites for hydroxylation is 1. The molecule has 2 atom stereocenters. The van der Waals surface area contributed by atoms with Crippen LogP contribution in [0.3, 0.4) is 0 Å². The molecule has 2 aromatic rings. The predicted molar refractivity (Wildman–Crippen MR) is 123 cm³/mol. The van der Waals surface area contributed by atoms with Gasteiger partial charge in [-0.2, -0.15) is 0 Å². The highest BCUT2D eigenvalue weighted by Gasteiger charge is 2.26. The molecular weight excluding hydrogens is 372 g/mol. The smallest absolute Gasteiger partial charge is 0.242 e. The summed E-state index contributed by atoms with van der Waals surface area (Å²) in [4.78, 5) is 27.6. The standard InChI is InChI=1S/C26H36N2O2/c1-6-20(4)27-26(30)21(5)28(18-23-10-8-7-9-11-23)25(29)17-14-22-12-15-24(16-13-22)19(2)3/h7-13,15-16,19-21H,6,14,17-18H2,1-5H3,(H,27,30)/t20-,21+/m0/s1. The van der Waals surface area contributed by atoms with Crippen molar-refractivity contribution < 1.29 is 9.59 Å². The molecule has 0 aliphatic heterocycles. The van der Waals surface area contributed by atoms with Gasteiger partial charge in [-0.25, -0.2) is 0 Å². The second-order valence-corrected chi connectivity index (χ2v) is 8.40. The van der Waals surface area contributed by atoms with Gasteiger partial charge in [0.25, 0.3) is 0 Å². The molecule has 4 heteroatoms. The summed E-state index contributed by atoms with van der Waals surface area (Å²) in [6, 6.07) is 17.9. The molecule has 0 bridgehead atoms. The van der Waals surface area contributed by atoms with Crippen LogP contribution in [0.5, 0.6) is 0 Å². The van der Waals surface area contributed by atoms with E-state index >= 15 is 0 Å². The van der Waals surface area contributed by atoms with Crippen molar-refractivity contribution in [2.24, 2.45) is 0 Å². The zero-order valence-electron chi connectivity index (χ0n) is 19.0. The molecule has 0 heterocycles. The molecule has 0 radical (unpaired) electrons. The normalized spacial score (nSPS) is 13.0. The van der Waals surface area contributed by atoms with Crippen LogP contribution in [0.2, 0.25) is 0 Å². The second-order valence-electron chi connectivity index (χ2n) is 8.40. The van der Waals surface area contributed by atoms with Crippen LogP contribution in [-0.4, -0.2) is 28.8 Å². The van der Waals surface area contributed by atoms with Crippen LogP contribution in [0, 0.1) is 0 Å². The summed E-state index contributed by atoms with van der Waals surface area (Å²) >= 11 is 0. The first kappa shape index (κ1) is 23.7. The summed E-state index contributed by atoms with van der Waals surface area (Å²) in [7, 11) is 0. The third kappa shape index (κ3) is 7.01.